The fourth-order valence-electron chi connectivity index (χ4n) is 2.18. The molecule has 1 N–H and O–H groups in total. The highest BCUT2D eigenvalue weighted by molar-refractivity contribution is 5.28. The van der Waals surface area contributed by atoms with Crippen molar-refractivity contribution in [1.82, 2.24) is 10.2 Å². The SMILES string of the molecule is CCc1cccc(C(NC)C(C)(C)N(C)C)c1. The third-order valence-electron chi connectivity index (χ3n) is 3.84. The molecular weight excluding hydrogens is 208 g/mol. The van der Waals surface area contributed by atoms with E-state index < -0.39 is 0 Å². The summed E-state index contributed by atoms with van der Waals surface area (Å²) in [6, 6.07) is 9.21. The van der Waals surface area contributed by atoms with Gasteiger partial charge in [0, 0.05) is 11.6 Å². The Morgan fingerprint density at radius 3 is 2.41 bits per heavy atom. The molecule has 1 atom stereocenters. The van der Waals surface area contributed by atoms with Gasteiger partial charge in [-0.05, 0) is 52.5 Å². The van der Waals surface area contributed by atoms with Gasteiger partial charge in [-0.2, -0.15) is 0 Å². The van der Waals surface area contributed by atoms with E-state index in [4.69, 9.17) is 0 Å². The number of aryl methyl sites for hydroxylation is 1. The molecule has 0 amide bonds. The molecule has 0 spiro atoms. The van der Waals surface area contributed by atoms with Crippen LogP contribution in [0.25, 0.3) is 0 Å². The van der Waals surface area contributed by atoms with E-state index in [1.807, 2.05) is 7.05 Å². The first-order valence-corrected chi connectivity index (χ1v) is 6.37. The first-order chi connectivity index (χ1) is 7.93. The molecule has 1 aromatic carbocycles. The lowest BCUT2D eigenvalue weighted by atomic mass is 9.87. The minimum atomic E-state index is 0.0844. The maximum Gasteiger partial charge on any atom is 0.0499 e. The summed E-state index contributed by atoms with van der Waals surface area (Å²) in [5.41, 5.74) is 2.85. The van der Waals surface area contributed by atoms with Crippen molar-refractivity contribution in [2.45, 2.75) is 38.8 Å². The average molecular weight is 234 g/mol. The summed E-state index contributed by atoms with van der Waals surface area (Å²) in [5.74, 6) is 0. The Morgan fingerprint density at radius 2 is 1.94 bits per heavy atom. The second kappa shape index (κ2) is 5.65. The molecule has 0 radical (unpaired) electrons. The maximum absolute atomic E-state index is 3.45. The first kappa shape index (κ1) is 14.2. The van der Waals surface area contributed by atoms with Gasteiger partial charge >= 0.3 is 0 Å². The van der Waals surface area contributed by atoms with Crippen molar-refractivity contribution >= 4 is 0 Å². The molecule has 1 unspecified atom stereocenters. The molecular formula is C15H26N2. The average Bonchev–Trinajstić information content (AvgIpc) is 2.29. The van der Waals surface area contributed by atoms with E-state index in [1.54, 1.807) is 0 Å². The molecule has 2 nitrogen and oxygen atoms in total. The van der Waals surface area contributed by atoms with Crippen LogP contribution in [0.1, 0.15) is 37.9 Å². The predicted octanol–water partition coefficient (Wildman–Crippen LogP) is 2.85. The van der Waals surface area contributed by atoms with Crippen LogP contribution in [0, 0.1) is 0 Å². The number of hydrogen-bond acceptors (Lipinski definition) is 2. The van der Waals surface area contributed by atoms with Gasteiger partial charge in [0.2, 0.25) is 0 Å². The summed E-state index contributed by atoms with van der Waals surface area (Å²) in [4.78, 5) is 2.27. The van der Waals surface area contributed by atoms with E-state index >= 15 is 0 Å². The third-order valence-corrected chi connectivity index (χ3v) is 3.84. The predicted molar refractivity (Wildman–Crippen MR) is 75.4 cm³/mol. The molecule has 0 aliphatic heterocycles. The fraction of sp³-hybridized carbons (Fsp3) is 0.600. The van der Waals surface area contributed by atoms with Crippen LogP contribution < -0.4 is 5.32 Å². The molecule has 0 fully saturated rings. The number of hydrogen-bond donors (Lipinski definition) is 1. The summed E-state index contributed by atoms with van der Waals surface area (Å²) in [6.07, 6.45) is 1.09. The van der Waals surface area contributed by atoms with Crippen LogP contribution >= 0.6 is 0 Å². The van der Waals surface area contributed by atoms with Crippen molar-refractivity contribution < 1.29 is 0 Å². The Hall–Kier alpha value is -0.860. The third kappa shape index (κ3) is 3.08. The zero-order chi connectivity index (χ0) is 13.1. The molecule has 17 heavy (non-hydrogen) atoms. The molecule has 96 valence electrons. The highest BCUT2D eigenvalue weighted by atomic mass is 15.2. The van der Waals surface area contributed by atoms with Crippen LogP contribution in [0.3, 0.4) is 0 Å². The molecule has 2 heteroatoms. The van der Waals surface area contributed by atoms with Crippen LogP contribution in [0.2, 0.25) is 0 Å². The zero-order valence-corrected chi connectivity index (χ0v) is 12.0. The number of benzene rings is 1. The van der Waals surface area contributed by atoms with Crippen molar-refractivity contribution in [3.8, 4) is 0 Å². The van der Waals surface area contributed by atoms with Gasteiger partial charge in [0.05, 0.1) is 0 Å². The van der Waals surface area contributed by atoms with Crippen LogP contribution in [-0.4, -0.2) is 31.6 Å². The van der Waals surface area contributed by atoms with E-state index in [2.05, 4.69) is 69.3 Å². The summed E-state index contributed by atoms with van der Waals surface area (Å²) in [5, 5.41) is 3.45. The topological polar surface area (TPSA) is 15.3 Å². The Labute approximate surface area is 106 Å². The number of nitrogens with one attached hydrogen (secondary N) is 1. The van der Waals surface area contributed by atoms with Gasteiger partial charge in [-0.25, -0.2) is 0 Å². The van der Waals surface area contributed by atoms with Crippen LogP contribution in [0.4, 0.5) is 0 Å². The lowest BCUT2D eigenvalue weighted by Crippen LogP contribution is -2.48. The molecule has 0 saturated heterocycles. The van der Waals surface area contributed by atoms with E-state index in [0.29, 0.717) is 6.04 Å². The largest absolute Gasteiger partial charge is 0.311 e. The summed E-state index contributed by atoms with van der Waals surface area (Å²) in [6.45, 7) is 6.74. The molecule has 1 rings (SSSR count). The molecule has 0 heterocycles. The van der Waals surface area contributed by atoms with Crippen LogP contribution in [-0.2, 0) is 6.42 Å². The van der Waals surface area contributed by atoms with Gasteiger partial charge in [-0.15, -0.1) is 0 Å². The molecule has 0 aromatic heterocycles. The molecule has 0 bridgehead atoms. The van der Waals surface area contributed by atoms with Crippen LogP contribution in [0.15, 0.2) is 24.3 Å². The van der Waals surface area contributed by atoms with E-state index in [1.165, 1.54) is 11.1 Å². The van der Waals surface area contributed by atoms with Crippen molar-refractivity contribution in [2.24, 2.45) is 0 Å². The molecule has 1 aromatic rings. The second-order valence-corrected chi connectivity index (χ2v) is 5.37. The molecule has 0 aliphatic carbocycles. The van der Waals surface area contributed by atoms with Crippen molar-refractivity contribution in [1.29, 1.82) is 0 Å². The fourth-order valence-corrected chi connectivity index (χ4v) is 2.18. The summed E-state index contributed by atoms with van der Waals surface area (Å²) < 4.78 is 0. The maximum atomic E-state index is 3.45. The van der Waals surface area contributed by atoms with Gasteiger partial charge in [-0.3, -0.25) is 0 Å². The van der Waals surface area contributed by atoms with E-state index in [0.717, 1.165) is 6.42 Å². The number of likely N-dealkylation sites (N-methyl/N-ethyl adjacent to an activating group) is 2. The summed E-state index contributed by atoms with van der Waals surface area (Å²) >= 11 is 0. The Balaban J connectivity index is 3.09. The highest BCUT2D eigenvalue weighted by Gasteiger charge is 2.31. The van der Waals surface area contributed by atoms with Crippen molar-refractivity contribution in [2.75, 3.05) is 21.1 Å². The zero-order valence-electron chi connectivity index (χ0n) is 12.0. The van der Waals surface area contributed by atoms with Gasteiger partial charge in [0.1, 0.15) is 0 Å². The second-order valence-electron chi connectivity index (χ2n) is 5.37. The van der Waals surface area contributed by atoms with Gasteiger partial charge < -0.3 is 10.2 Å². The molecule has 0 aliphatic rings. The quantitative estimate of drug-likeness (QED) is 0.843. The Kier molecular flexibility index (Phi) is 4.72. The van der Waals surface area contributed by atoms with Gasteiger partial charge in [0.15, 0.2) is 0 Å². The van der Waals surface area contributed by atoms with Crippen molar-refractivity contribution in [3.05, 3.63) is 35.4 Å². The number of rotatable bonds is 5. The van der Waals surface area contributed by atoms with E-state index in [9.17, 15) is 0 Å². The lowest BCUT2D eigenvalue weighted by Gasteiger charge is -2.40. The number of nitrogens with zero attached hydrogens (tertiary/aromatic N) is 1. The molecule has 0 saturated carbocycles. The summed E-state index contributed by atoms with van der Waals surface area (Å²) in [7, 11) is 6.30. The van der Waals surface area contributed by atoms with Gasteiger partial charge in [-0.1, -0.05) is 31.2 Å². The normalized spacial score (nSPS) is 14.1. The monoisotopic (exact) mass is 234 g/mol. The van der Waals surface area contributed by atoms with E-state index in [-0.39, 0.29) is 5.54 Å². The first-order valence-electron chi connectivity index (χ1n) is 6.37. The van der Waals surface area contributed by atoms with Crippen LogP contribution in [0.5, 0.6) is 0 Å². The highest BCUT2D eigenvalue weighted by Crippen LogP contribution is 2.29. The van der Waals surface area contributed by atoms with Crippen molar-refractivity contribution in [3.63, 3.8) is 0 Å². The Morgan fingerprint density at radius 1 is 1.29 bits per heavy atom. The lowest BCUT2D eigenvalue weighted by molar-refractivity contribution is 0.142. The van der Waals surface area contributed by atoms with Gasteiger partial charge in [0.25, 0.3) is 0 Å². The smallest absolute Gasteiger partial charge is 0.0499 e. The Bertz CT molecular complexity index is 356. The standard InChI is InChI=1S/C15H26N2/c1-7-12-9-8-10-13(11-12)14(16-4)15(2,3)17(5)6/h8-11,14,16H,7H2,1-6H3. The minimum absolute atomic E-state index is 0.0844. The minimum Gasteiger partial charge on any atom is -0.311 e.